The van der Waals surface area contributed by atoms with Crippen molar-refractivity contribution >= 4 is 33.4 Å². The molecule has 0 bridgehead atoms. The second kappa shape index (κ2) is 14.9. The van der Waals surface area contributed by atoms with Gasteiger partial charge in [0, 0.05) is 25.1 Å². The summed E-state index contributed by atoms with van der Waals surface area (Å²) in [6, 6.07) is 6.77. The summed E-state index contributed by atoms with van der Waals surface area (Å²) in [5.74, 6) is -2.71. The number of nitrogens with zero attached hydrogens (tertiary/aromatic N) is 1. The van der Waals surface area contributed by atoms with Gasteiger partial charge in [-0.05, 0) is 30.7 Å². The molecule has 0 spiro atoms. The average molecular weight is 554 g/mol. The second-order valence-corrected chi connectivity index (χ2v) is 12.0. The molecule has 1 aliphatic rings. The Bertz CT molecular complexity index is 1060. The Hall–Kier alpha value is -2.83. The topological polar surface area (TPSA) is 159 Å². The summed E-state index contributed by atoms with van der Waals surface area (Å²) in [7, 11) is -3.48. The summed E-state index contributed by atoms with van der Waals surface area (Å²) in [5.41, 5.74) is 0.889. The predicted molar refractivity (Wildman–Crippen MR) is 141 cm³/mol. The van der Waals surface area contributed by atoms with Crippen LogP contribution >= 0.6 is 0 Å². The van der Waals surface area contributed by atoms with Gasteiger partial charge in [0.1, 0.15) is 9.84 Å². The van der Waals surface area contributed by atoms with Crippen LogP contribution in [0.1, 0.15) is 51.5 Å². The third-order valence-electron chi connectivity index (χ3n) is 6.69. The fraction of sp³-hybridized carbons (Fsp3) is 0.615. The summed E-state index contributed by atoms with van der Waals surface area (Å²) >= 11 is 0. The number of nitrogens with one attached hydrogen (secondary N) is 2. The van der Waals surface area contributed by atoms with Crippen molar-refractivity contribution in [2.75, 3.05) is 25.2 Å². The Labute approximate surface area is 224 Å². The number of carboxylic acid groups (broad SMARTS) is 1. The quantitative estimate of drug-likeness (QED) is 0.240. The molecule has 1 aromatic carbocycles. The lowest BCUT2D eigenvalue weighted by molar-refractivity contribution is -0.210. The van der Waals surface area contributed by atoms with Gasteiger partial charge in [0.05, 0.1) is 24.9 Å². The van der Waals surface area contributed by atoms with Gasteiger partial charge >= 0.3 is 5.97 Å². The van der Waals surface area contributed by atoms with Gasteiger partial charge in [0.15, 0.2) is 11.8 Å². The average Bonchev–Trinajstić information content (AvgIpc) is 3.31. The van der Waals surface area contributed by atoms with Crippen LogP contribution in [-0.4, -0.2) is 85.4 Å². The lowest BCUT2D eigenvalue weighted by Crippen LogP contribution is -2.50. The molecule has 3 N–H and O–H groups in total. The first-order valence-electron chi connectivity index (χ1n) is 12.9. The van der Waals surface area contributed by atoms with Crippen molar-refractivity contribution in [2.24, 2.45) is 5.92 Å². The number of Topliss-reactive ketones (excluding diaryl/α,β-unsaturated/α-hetero) is 1. The van der Waals surface area contributed by atoms with Crippen molar-refractivity contribution in [3.63, 3.8) is 0 Å². The van der Waals surface area contributed by atoms with Gasteiger partial charge < -0.3 is 15.7 Å². The predicted octanol–water partition coefficient (Wildman–Crippen LogP) is 1.12. The van der Waals surface area contributed by atoms with Crippen LogP contribution in [0.25, 0.3) is 0 Å². The Morgan fingerprint density at radius 1 is 1.24 bits per heavy atom. The lowest BCUT2D eigenvalue weighted by atomic mass is 9.99. The largest absolute Gasteiger partial charge is 0.480 e. The molecule has 1 fully saturated rings. The van der Waals surface area contributed by atoms with Gasteiger partial charge in [0.2, 0.25) is 11.8 Å². The highest BCUT2D eigenvalue weighted by atomic mass is 32.2. The van der Waals surface area contributed by atoms with Crippen molar-refractivity contribution in [3.8, 4) is 0 Å². The normalized spacial score (nSPS) is 17.9. The van der Waals surface area contributed by atoms with Crippen LogP contribution < -0.4 is 10.6 Å². The van der Waals surface area contributed by atoms with Crippen LogP contribution in [0.15, 0.2) is 30.3 Å². The van der Waals surface area contributed by atoms with Crippen molar-refractivity contribution in [3.05, 3.63) is 35.9 Å². The number of benzene rings is 1. The minimum atomic E-state index is -3.48. The number of carboxylic acids is 1. The van der Waals surface area contributed by atoms with Gasteiger partial charge in [-0.1, -0.05) is 50.6 Å². The molecule has 212 valence electrons. The fourth-order valence-corrected chi connectivity index (χ4v) is 4.74. The molecule has 1 aliphatic heterocycles. The van der Waals surface area contributed by atoms with E-state index in [0.717, 1.165) is 16.9 Å². The molecular formula is C26H39N3O8S. The molecule has 0 aromatic heterocycles. The zero-order valence-electron chi connectivity index (χ0n) is 22.2. The summed E-state index contributed by atoms with van der Waals surface area (Å²) < 4.78 is 23.5. The lowest BCUT2D eigenvalue weighted by Gasteiger charge is -2.31. The molecule has 1 aromatic rings. The van der Waals surface area contributed by atoms with Crippen LogP contribution in [0.2, 0.25) is 0 Å². The Kier molecular flexibility index (Phi) is 12.3. The SMILES string of the molecule is CC[C@H](C)[C@@H](CON(C(=O)CCc1ccccc1)[C@@H](CCS(C)(=O)=O)C(=O)O)NCC(=O)[C@@H]1CCC(=O)N1. The molecule has 12 heteroatoms. The number of hydrogen-bond donors (Lipinski definition) is 3. The third kappa shape index (κ3) is 10.5. The van der Waals surface area contributed by atoms with Crippen molar-refractivity contribution in [1.29, 1.82) is 0 Å². The number of rotatable bonds is 17. The van der Waals surface area contributed by atoms with Gasteiger partial charge in [-0.2, -0.15) is 0 Å². The van der Waals surface area contributed by atoms with Crippen molar-refractivity contribution < 1.29 is 37.5 Å². The minimum absolute atomic E-state index is 0.00142. The van der Waals surface area contributed by atoms with E-state index >= 15 is 0 Å². The molecule has 38 heavy (non-hydrogen) atoms. The zero-order valence-corrected chi connectivity index (χ0v) is 23.0. The summed E-state index contributed by atoms with van der Waals surface area (Å²) in [4.78, 5) is 55.1. The van der Waals surface area contributed by atoms with Gasteiger partial charge in [0.25, 0.3) is 0 Å². The highest BCUT2D eigenvalue weighted by molar-refractivity contribution is 7.90. The maximum atomic E-state index is 13.2. The zero-order chi connectivity index (χ0) is 28.3. The molecule has 4 atom stereocenters. The number of carbonyl (C=O) groups excluding carboxylic acids is 3. The van der Waals surface area contributed by atoms with Crippen LogP contribution in [0.5, 0.6) is 0 Å². The first-order valence-corrected chi connectivity index (χ1v) is 14.9. The summed E-state index contributed by atoms with van der Waals surface area (Å²) in [5, 5.41) is 16.4. The second-order valence-electron chi connectivity index (χ2n) is 9.77. The van der Waals surface area contributed by atoms with Gasteiger partial charge in [-0.25, -0.2) is 18.3 Å². The van der Waals surface area contributed by atoms with E-state index in [4.69, 9.17) is 4.84 Å². The number of sulfone groups is 1. The molecule has 11 nitrogen and oxygen atoms in total. The van der Waals surface area contributed by atoms with Crippen LogP contribution in [-0.2, 0) is 40.3 Å². The molecule has 0 saturated carbocycles. The molecule has 1 saturated heterocycles. The van der Waals surface area contributed by atoms with E-state index in [2.05, 4.69) is 10.6 Å². The Morgan fingerprint density at radius 2 is 1.92 bits per heavy atom. The Balaban J connectivity index is 2.14. The summed E-state index contributed by atoms with van der Waals surface area (Å²) in [6.07, 6.45) is 2.45. The van der Waals surface area contributed by atoms with E-state index in [0.29, 0.717) is 25.7 Å². The Morgan fingerprint density at radius 3 is 2.47 bits per heavy atom. The standard InChI is InChI=1S/C26H39N3O8S/c1-4-18(2)21(27-16-23(30)20-11-12-24(31)28-20)17-37-29(22(26(33)34)14-15-38(3,35)36)25(32)13-10-19-8-6-5-7-9-19/h5-9,18,20-22,27H,4,10-17H2,1-3H3,(H,28,31)(H,33,34)/t18-,20-,21+,22-/m0/s1. The minimum Gasteiger partial charge on any atom is -0.480 e. The van der Waals surface area contributed by atoms with Gasteiger partial charge in [-0.3, -0.25) is 19.2 Å². The highest BCUT2D eigenvalue weighted by Crippen LogP contribution is 2.16. The van der Waals surface area contributed by atoms with E-state index in [-0.39, 0.29) is 43.6 Å². The van der Waals surface area contributed by atoms with E-state index in [1.807, 2.05) is 44.2 Å². The smallest absolute Gasteiger partial charge is 0.329 e. The maximum absolute atomic E-state index is 13.2. The molecular weight excluding hydrogens is 514 g/mol. The summed E-state index contributed by atoms with van der Waals surface area (Å²) in [6.45, 7) is 3.75. The van der Waals surface area contributed by atoms with E-state index in [1.165, 1.54) is 0 Å². The van der Waals surface area contributed by atoms with Crippen LogP contribution in [0.3, 0.4) is 0 Å². The fourth-order valence-electron chi connectivity index (χ4n) is 4.09. The number of aryl methyl sites for hydroxylation is 1. The number of hydroxylamine groups is 2. The van der Waals surface area contributed by atoms with E-state index in [9.17, 15) is 32.7 Å². The van der Waals surface area contributed by atoms with Crippen LogP contribution in [0, 0.1) is 5.92 Å². The van der Waals surface area contributed by atoms with E-state index in [1.54, 1.807) is 0 Å². The van der Waals surface area contributed by atoms with Crippen LogP contribution in [0.4, 0.5) is 0 Å². The number of ketones is 1. The monoisotopic (exact) mass is 553 g/mol. The van der Waals surface area contributed by atoms with Crippen molar-refractivity contribution in [1.82, 2.24) is 15.7 Å². The number of hydrogen-bond acceptors (Lipinski definition) is 8. The van der Waals surface area contributed by atoms with E-state index < -0.39 is 45.6 Å². The first kappa shape index (κ1) is 31.4. The molecule has 0 aliphatic carbocycles. The van der Waals surface area contributed by atoms with Gasteiger partial charge in [-0.15, -0.1) is 0 Å². The number of amides is 2. The number of aliphatic carboxylic acids is 1. The third-order valence-corrected chi connectivity index (χ3v) is 7.67. The molecule has 1 heterocycles. The molecule has 2 amide bonds. The van der Waals surface area contributed by atoms with Crippen molar-refractivity contribution in [2.45, 2.75) is 70.5 Å². The highest BCUT2D eigenvalue weighted by Gasteiger charge is 2.33. The molecule has 2 rings (SSSR count). The maximum Gasteiger partial charge on any atom is 0.329 e. The molecule has 0 unspecified atom stereocenters. The number of carbonyl (C=O) groups is 4. The first-order chi connectivity index (χ1) is 17.9. The molecule has 0 radical (unpaired) electrons.